The van der Waals surface area contributed by atoms with Crippen LogP contribution in [0, 0.1) is 10.8 Å². The van der Waals surface area contributed by atoms with Crippen LogP contribution in [0.25, 0.3) is 0 Å². The van der Waals surface area contributed by atoms with Crippen molar-refractivity contribution in [3.63, 3.8) is 0 Å². The molecule has 1 spiro atoms. The molecule has 0 aromatic rings. The molecule has 8 heteroatoms. The number of nitrogens with one attached hydrogen (secondary N) is 2. The van der Waals surface area contributed by atoms with Gasteiger partial charge in [-0.2, -0.15) is 0 Å². The van der Waals surface area contributed by atoms with Gasteiger partial charge in [0.05, 0.1) is 12.0 Å². The van der Waals surface area contributed by atoms with Crippen LogP contribution in [-0.4, -0.2) is 64.9 Å². The molecule has 6 fully saturated rings. The summed E-state index contributed by atoms with van der Waals surface area (Å²) in [4.78, 5) is 27.6. The average molecular weight is 456 g/mol. The standard InChI is InChI=1S/C24H36F3N3O2/c1-19(2,3)29-17(31)9-30-6-4-20(5-7-30)8-16(20)28-18(32)21-10-22(25)13-23(26,11-21)15-24(27,12-21)14-22/h16H,4-15H2,1-3H3,(H,28,32)(H,29,31)/t16-,21?,22?,23?,24?/m0/s1. The molecule has 6 rings (SSSR count). The lowest BCUT2D eigenvalue weighted by molar-refractivity contribution is -0.216. The van der Waals surface area contributed by atoms with Gasteiger partial charge in [-0.25, -0.2) is 13.2 Å². The summed E-state index contributed by atoms with van der Waals surface area (Å²) in [5.74, 6) is -0.340. The molecule has 2 amide bonds. The molecule has 1 saturated heterocycles. The highest BCUT2D eigenvalue weighted by Crippen LogP contribution is 2.68. The lowest BCUT2D eigenvalue weighted by atomic mass is 9.46. The third kappa shape index (κ3) is 3.94. The molecule has 4 bridgehead atoms. The first-order valence-corrected chi connectivity index (χ1v) is 12.1. The Kier molecular flexibility index (Phi) is 4.66. The molecule has 0 aromatic carbocycles. The number of likely N-dealkylation sites (tertiary alicyclic amines) is 1. The molecule has 1 heterocycles. The zero-order valence-corrected chi connectivity index (χ0v) is 19.5. The Morgan fingerprint density at radius 2 is 1.41 bits per heavy atom. The molecular formula is C24H36F3N3O2. The summed E-state index contributed by atoms with van der Waals surface area (Å²) in [7, 11) is 0. The van der Waals surface area contributed by atoms with Gasteiger partial charge in [-0.15, -0.1) is 0 Å². The third-order valence-corrected chi connectivity index (χ3v) is 8.58. The van der Waals surface area contributed by atoms with E-state index in [1.165, 1.54) is 0 Å². The maximum absolute atomic E-state index is 15.2. The summed E-state index contributed by atoms with van der Waals surface area (Å²) in [6, 6.07) is -0.0183. The first kappa shape index (κ1) is 22.5. The van der Waals surface area contributed by atoms with E-state index in [2.05, 4.69) is 15.5 Å². The van der Waals surface area contributed by atoms with Crippen molar-refractivity contribution >= 4 is 11.8 Å². The predicted octanol–water partition coefficient (Wildman–Crippen LogP) is 3.36. The largest absolute Gasteiger partial charge is 0.352 e. The highest BCUT2D eigenvalue weighted by molar-refractivity contribution is 5.84. The molecule has 32 heavy (non-hydrogen) atoms. The van der Waals surface area contributed by atoms with E-state index < -0.39 is 22.4 Å². The van der Waals surface area contributed by atoms with Crippen molar-refractivity contribution in [3.8, 4) is 0 Å². The van der Waals surface area contributed by atoms with Gasteiger partial charge in [0.15, 0.2) is 0 Å². The summed E-state index contributed by atoms with van der Waals surface area (Å²) in [5, 5.41) is 6.05. The normalized spacial score (nSPS) is 44.5. The van der Waals surface area contributed by atoms with Crippen LogP contribution in [0.3, 0.4) is 0 Å². The molecular weight excluding hydrogens is 419 g/mol. The van der Waals surface area contributed by atoms with E-state index >= 15 is 13.2 Å². The maximum atomic E-state index is 15.2. The summed E-state index contributed by atoms with van der Waals surface area (Å²) in [5.41, 5.74) is -7.24. The quantitative estimate of drug-likeness (QED) is 0.683. The zero-order valence-electron chi connectivity index (χ0n) is 19.5. The number of amides is 2. The van der Waals surface area contributed by atoms with Crippen molar-refractivity contribution < 1.29 is 22.8 Å². The molecule has 5 saturated carbocycles. The van der Waals surface area contributed by atoms with Crippen molar-refractivity contribution in [1.82, 2.24) is 15.5 Å². The van der Waals surface area contributed by atoms with Crippen LogP contribution in [0.5, 0.6) is 0 Å². The Balaban J connectivity index is 1.17. The fraction of sp³-hybridized carbons (Fsp3) is 0.917. The number of hydrogen-bond acceptors (Lipinski definition) is 3. The molecule has 5 nitrogen and oxygen atoms in total. The van der Waals surface area contributed by atoms with Gasteiger partial charge in [0.25, 0.3) is 0 Å². The second kappa shape index (κ2) is 6.63. The number of carbonyl (C=O) groups is 2. The van der Waals surface area contributed by atoms with Crippen molar-refractivity contribution in [2.75, 3.05) is 19.6 Å². The lowest BCUT2D eigenvalue weighted by Gasteiger charge is -2.62. The van der Waals surface area contributed by atoms with Crippen LogP contribution in [0.2, 0.25) is 0 Å². The van der Waals surface area contributed by atoms with Crippen LogP contribution in [-0.2, 0) is 9.59 Å². The number of rotatable bonds is 4. The Morgan fingerprint density at radius 3 is 1.88 bits per heavy atom. The second-order valence-electron chi connectivity index (χ2n) is 13.0. The minimum absolute atomic E-state index is 0.00314. The number of hydrogen-bond donors (Lipinski definition) is 2. The van der Waals surface area contributed by atoms with E-state index in [9.17, 15) is 9.59 Å². The monoisotopic (exact) mass is 455 g/mol. The van der Waals surface area contributed by atoms with Crippen molar-refractivity contribution in [2.45, 2.75) is 107 Å². The van der Waals surface area contributed by atoms with Crippen LogP contribution in [0.15, 0.2) is 0 Å². The number of carbonyl (C=O) groups excluding carboxylic acids is 2. The van der Waals surface area contributed by atoms with Crippen molar-refractivity contribution in [1.29, 1.82) is 0 Å². The Bertz CT molecular complexity index is 779. The molecule has 5 aliphatic carbocycles. The van der Waals surface area contributed by atoms with Gasteiger partial charge in [-0.1, -0.05) is 0 Å². The SMILES string of the molecule is CC(C)(C)NC(=O)CN1CCC2(CC1)C[C@@H]2NC(=O)C12CC3(F)CC(F)(CC(F)(C3)C1)C2. The third-order valence-electron chi connectivity index (χ3n) is 8.58. The fourth-order valence-electron chi connectivity index (χ4n) is 7.75. The van der Waals surface area contributed by atoms with Gasteiger partial charge in [0.2, 0.25) is 11.8 Å². The van der Waals surface area contributed by atoms with E-state index in [4.69, 9.17) is 0 Å². The van der Waals surface area contributed by atoms with Crippen LogP contribution in [0.1, 0.15) is 78.6 Å². The number of piperidine rings is 1. The highest BCUT2D eigenvalue weighted by atomic mass is 19.2. The molecule has 0 radical (unpaired) electrons. The fourth-order valence-corrected chi connectivity index (χ4v) is 7.75. The van der Waals surface area contributed by atoms with Crippen molar-refractivity contribution in [3.05, 3.63) is 0 Å². The van der Waals surface area contributed by atoms with Crippen LogP contribution in [0.4, 0.5) is 13.2 Å². The molecule has 0 aromatic heterocycles. The first-order valence-electron chi connectivity index (χ1n) is 12.1. The summed E-state index contributed by atoms with van der Waals surface area (Å²) in [6.45, 7) is 7.80. The van der Waals surface area contributed by atoms with Crippen LogP contribution >= 0.6 is 0 Å². The van der Waals surface area contributed by atoms with Gasteiger partial charge in [-0.3, -0.25) is 14.5 Å². The number of halogens is 3. The first-order chi connectivity index (χ1) is 14.7. The highest BCUT2D eigenvalue weighted by Gasteiger charge is 2.73. The molecule has 6 aliphatic rings. The smallest absolute Gasteiger partial charge is 0.234 e. The maximum Gasteiger partial charge on any atom is 0.234 e. The van der Waals surface area contributed by atoms with E-state index in [1.807, 2.05) is 20.8 Å². The van der Waals surface area contributed by atoms with Gasteiger partial charge in [-0.05, 0) is 77.8 Å². The minimum Gasteiger partial charge on any atom is -0.352 e. The minimum atomic E-state index is -1.91. The lowest BCUT2D eigenvalue weighted by Crippen LogP contribution is -2.68. The van der Waals surface area contributed by atoms with Crippen LogP contribution < -0.4 is 10.6 Å². The molecule has 1 aliphatic heterocycles. The van der Waals surface area contributed by atoms with Gasteiger partial charge in [0, 0.05) is 30.8 Å². The molecule has 2 N–H and O–H groups in total. The predicted molar refractivity (Wildman–Crippen MR) is 114 cm³/mol. The Labute approximate surface area is 188 Å². The Hall–Kier alpha value is -1.31. The average Bonchev–Trinajstić information content (AvgIpc) is 3.22. The van der Waals surface area contributed by atoms with Gasteiger partial charge < -0.3 is 10.6 Å². The zero-order chi connectivity index (χ0) is 23.2. The summed E-state index contributed by atoms with van der Waals surface area (Å²) in [6.07, 6.45) is 1.62. The molecule has 0 unspecified atom stereocenters. The molecule has 180 valence electrons. The van der Waals surface area contributed by atoms with Gasteiger partial charge in [0.1, 0.15) is 17.0 Å². The van der Waals surface area contributed by atoms with E-state index in [0.29, 0.717) is 6.54 Å². The number of nitrogens with zero attached hydrogens (tertiary/aromatic N) is 1. The summed E-state index contributed by atoms with van der Waals surface area (Å²) < 4.78 is 45.7. The topological polar surface area (TPSA) is 61.4 Å². The van der Waals surface area contributed by atoms with Gasteiger partial charge >= 0.3 is 0 Å². The Morgan fingerprint density at radius 1 is 0.906 bits per heavy atom. The molecule has 1 atom stereocenters. The van der Waals surface area contributed by atoms with E-state index in [-0.39, 0.29) is 67.3 Å². The van der Waals surface area contributed by atoms with E-state index in [1.54, 1.807) is 0 Å². The van der Waals surface area contributed by atoms with E-state index in [0.717, 1.165) is 32.4 Å². The summed E-state index contributed by atoms with van der Waals surface area (Å²) >= 11 is 0. The van der Waals surface area contributed by atoms with Crippen molar-refractivity contribution in [2.24, 2.45) is 10.8 Å². The second-order valence-corrected chi connectivity index (χ2v) is 13.0. The number of alkyl halides is 3.